The summed E-state index contributed by atoms with van der Waals surface area (Å²) in [7, 11) is 0. The highest BCUT2D eigenvalue weighted by Gasteiger charge is 1.96. The fraction of sp³-hybridized carbons (Fsp3) is 0.231. The average molecular weight is 324 g/mol. The zero-order valence-corrected chi connectivity index (χ0v) is 12.2. The summed E-state index contributed by atoms with van der Waals surface area (Å²) in [6.07, 6.45) is 5.50. The van der Waals surface area contributed by atoms with Crippen LogP contribution in [0, 0.1) is 0 Å². The Bertz CT molecular complexity index is 461. The molecular weight excluding hydrogens is 310 g/mol. The van der Waals surface area contributed by atoms with Crippen molar-refractivity contribution in [1.29, 1.82) is 0 Å². The molecule has 5 heteroatoms. The molecule has 0 atom stereocenters. The van der Waals surface area contributed by atoms with Crippen molar-refractivity contribution >= 4 is 27.7 Å². The van der Waals surface area contributed by atoms with Gasteiger partial charge in [0.1, 0.15) is 0 Å². The van der Waals surface area contributed by atoms with Crippen LogP contribution < -0.4 is 5.32 Å². The Morgan fingerprint density at radius 3 is 2.89 bits per heavy atom. The number of pyridine rings is 2. The Balaban J connectivity index is 1.63. The van der Waals surface area contributed by atoms with Gasteiger partial charge in [0.15, 0.2) is 0 Å². The van der Waals surface area contributed by atoms with E-state index in [2.05, 4.69) is 37.3 Å². The first-order valence-electron chi connectivity index (χ1n) is 5.68. The molecule has 2 rings (SSSR count). The maximum Gasteiger partial charge on any atom is 0.0961 e. The third-order valence-electron chi connectivity index (χ3n) is 2.28. The van der Waals surface area contributed by atoms with Crippen LogP contribution in [-0.2, 0) is 6.54 Å². The maximum atomic E-state index is 4.31. The molecule has 94 valence electrons. The molecule has 3 nitrogen and oxygen atoms in total. The first-order chi connectivity index (χ1) is 8.84. The Morgan fingerprint density at radius 2 is 2.17 bits per heavy atom. The fourth-order valence-corrected chi connectivity index (χ4v) is 2.39. The smallest absolute Gasteiger partial charge is 0.0961 e. The topological polar surface area (TPSA) is 37.8 Å². The Kier molecular flexibility index (Phi) is 5.64. The summed E-state index contributed by atoms with van der Waals surface area (Å²) >= 11 is 5.13. The minimum Gasteiger partial charge on any atom is -0.312 e. The van der Waals surface area contributed by atoms with Crippen LogP contribution in [0.4, 0.5) is 0 Å². The second-order valence-electron chi connectivity index (χ2n) is 3.70. The van der Waals surface area contributed by atoms with Crippen molar-refractivity contribution < 1.29 is 0 Å². The second-order valence-corrected chi connectivity index (χ2v) is 5.73. The molecule has 0 fully saturated rings. The molecule has 0 unspecified atom stereocenters. The fourth-order valence-electron chi connectivity index (χ4n) is 1.41. The highest BCUT2D eigenvalue weighted by molar-refractivity contribution is 9.10. The summed E-state index contributed by atoms with van der Waals surface area (Å²) in [5, 5.41) is 4.44. The van der Waals surface area contributed by atoms with Crippen molar-refractivity contribution in [3.63, 3.8) is 0 Å². The highest BCUT2D eigenvalue weighted by Crippen LogP contribution is 2.16. The number of nitrogens with one attached hydrogen (secondary N) is 1. The van der Waals surface area contributed by atoms with Crippen LogP contribution in [0.15, 0.2) is 52.4 Å². The molecule has 0 aromatic carbocycles. The van der Waals surface area contributed by atoms with Crippen LogP contribution in [0.25, 0.3) is 0 Å². The molecule has 0 amide bonds. The first-order valence-corrected chi connectivity index (χ1v) is 7.46. The lowest BCUT2D eigenvalue weighted by Gasteiger charge is -2.04. The van der Waals surface area contributed by atoms with Gasteiger partial charge in [0.2, 0.25) is 0 Å². The van der Waals surface area contributed by atoms with Crippen LogP contribution in [0.3, 0.4) is 0 Å². The zero-order valence-electron chi connectivity index (χ0n) is 9.84. The predicted molar refractivity (Wildman–Crippen MR) is 78.6 cm³/mol. The lowest BCUT2D eigenvalue weighted by Crippen LogP contribution is -2.16. The van der Waals surface area contributed by atoms with E-state index in [0.29, 0.717) is 0 Å². The minimum absolute atomic E-state index is 0.863. The number of rotatable bonds is 6. The van der Waals surface area contributed by atoms with Crippen molar-refractivity contribution in [1.82, 2.24) is 15.3 Å². The van der Waals surface area contributed by atoms with Crippen molar-refractivity contribution in [2.45, 2.75) is 11.6 Å². The molecule has 0 radical (unpaired) electrons. The molecule has 0 aliphatic carbocycles. The molecule has 2 aromatic heterocycles. The van der Waals surface area contributed by atoms with Gasteiger partial charge in [0.25, 0.3) is 0 Å². The summed E-state index contributed by atoms with van der Waals surface area (Å²) in [4.78, 5) is 8.39. The highest BCUT2D eigenvalue weighted by atomic mass is 79.9. The lowest BCUT2D eigenvalue weighted by molar-refractivity contribution is 0.729. The largest absolute Gasteiger partial charge is 0.312 e. The second kappa shape index (κ2) is 7.51. The SMILES string of the molecule is Brc1ccc(SCCNCc2cccnc2)nc1. The normalized spacial score (nSPS) is 10.5. The van der Waals surface area contributed by atoms with E-state index in [1.807, 2.05) is 30.6 Å². The monoisotopic (exact) mass is 323 g/mol. The van der Waals surface area contributed by atoms with E-state index >= 15 is 0 Å². The van der Waals surface area contributed by atoms with Gasteiger partial charge in [-0.25, -0.2) is 4.98 Å². The van der Waals surface area contributed by atoms with E-state index in [1.165, 1.54) is 5.56 Å². The van der Waals surface area contributed by atoms with Crippen molar-refractivity contribution in [3.05, 3.63) is 52.9 Å². The number of halogens is 1. The lowest BCUT2D eigenvalue weighted by atomic mass is 10.3. The molecule has 0 spiro atoms. The van der Waals surface area contributed by atoms with Gasteiger partial charge >= 0.3 is 0 Å². The molecule has 0 saturated carbocycles. The van der Waals surface area contributed by atoms with Gasteiger partial charge in [-0.2, -0.15) is 0 Å². The summed E-state index contributed by atoms with van der Waals surface area (Å²) in [6.45, 7) is 1.82. The van der Waals surface area contributed by atoms with E-state index in [-0.39, 0.29) is 0 Å². The minimum atomic E-state index is 0.863. The van der Waals surface area contributed by atoms with E-state index < -0.39 is 0 Å². The van der Waals surface area contributed by atoms with E-state index in [4.69, 9.17) is 0 Å². The zero-order chi connectivity index (χ0) is 12.6. The van der Waals surface area contributed by atoms with Gasteiger partial charge in [-0.1, -0.05) is 6.07 Å². The Morgan fingerprint density at radius 1 is 1.22 bits per heavy atom. The van der Waals surface area contributed by atoms with E-state index in [0.717, 1.165) is 28.3 Å². The molecule has 0 saturated heterocycles. The number of thioether (sulfide) groups is 1. The molecule has 2 aromatic rings. The molecule has 1 N–H and O–H groups in total. The summed E-state index contributed by atoms with van der Waals surface area (Å²) in [5.74, 6) is 1.01. The van der Waals surface area contributed by atoms with Crippen LogP contribution in [-0.4, -0.2) is 22.3 Å². The molecule has 0 aliphatic heterocycles. The summed E-state index contributed by atoms with van der Waals surface area (Å²) < 4.78 is 1.02. The van der Waals surface area contributed by atoms with Gasteiger partial charge < -0.3 is 5.32 Å². The van der Waals surface area contributed by atoms with Crippen LogP contribution in [0.5, 0.6) is 0 Å². The number of hydrogen-bond acceptors (Lipinski definition) is 4. The van der Waals surface area contributed by atoms with Crippen molar-refractivity contribution in [2.75, 3.05) is 12.3 Å². The Labute approximate surface area is 120 Å². The van der Waals surface area contributed by atoms with Gasteiger partial charge in [-0.05, 0) is 39.7 Å². The Hall–Kier alpha value is -0.910. The number of hydrogen-bond donors (Lipinski definition) is 1. The third kappa shape index (κ3) is 4.76. The van der Waals surface area contributed by atoms with Gasteiger partial charge in [0.05, 0.1) is 5.03 Å². The molecular formula is C13H14BrN3S. The quantitative estimate of drug-likeness (QED) is 0.654. The van der Waals surface area contributed by atoms with Gasteiger partial charge in [-0.3, -0.25) is 4.98 Å². The maximum absolute atomic E-state index is 4.31. The molecule has 0 aliphatic rings. The van der Waals surface area contributed by atoms with Gasteiger partial charge in [-0.15, -0.1) is 11.8 Å². The summed E-state index contributed by atoms with van der Waals surface area (Å²) in [6, 6.07) is 8.06. The van der Waals surface area contributed by atoms with Gasteiger partial charge in [0, 0.05) is 41.9 Å². The average Bonchev–Trinajstić information content (AvgIpc) is 2.42. The molecule has 18 heavy (non-hydrogen) atoms. The van der Waals surface area contributed by atoms with E-state index in [1.54, 1.807) is 18.0 Å². The van der Waals surface area contributed by atoms with Crippen LogP contribution in [0.1, 0.15) is 5.56 Å². The van der Waals surface area contributed by atoms with Crippen molar-refractivity contribution in [2.24, 2.45) is 0 Å². The van der Waals surface area contributed by atoms with E-state index in [9.17, 15) is 0 Å². The number of aromatic nitrogens is 2. The standard InChI is InChI=1S/C13H14BrN3S/c14-12-3-4-13(17-10-12)18-7-6-16-9-11-2-1-5-15-8-11/h1-5,8,10,16H,6-7,9H2. The van der Waals surface area contributed by atoms with Crippen LogP contribution in [0.2, 0.25) is 0 Å². The van der Waals surface area contributed by atoms with Crippen molar-refractivity contribution in [3.8, 4) is 0 Å². The third-order valence-corrected chi connectivity index (χ3v) is 3.70. The summed E-state index contributed by atoms with van der Waals surface area (Å²) in [5.41, 5.74) is 1.21. The number of nitrogens with zero attached hydrogens (tertiary/aromatic N) is 2. The van der Waals surface area contributed by atoms with Crippen LogP contribution >= 0.6 is 27.7 Å². The molecule has 0 bridgehead atoms. The molecule has 2 heterocycles. The first kappa shape index (κ1) is 13.5. The predicted octanol–water partition coefficient (Wildman–Crippen LogP) is 3.12.